The van der Waals surface area contributed by atoms with Crippen LogP contribution >= 0.6 is 0 Å². The third-order valence-electron chi connectivity index (χ3n) is 3.58. The van der Waals surface area contributed by atoms with Crippen molar-refractivity contribution in [1.82, 2.24) is 25.0 Å². The quantitative estimate of drug-likeness (QED) is 0.786. The van der Waals surface area contributed by atoms with Crippen LogP contribution in [-0.2, 0) is 0 Å². The highest BCUT2D eigenvalue weighted by atomic mass is 16.2. The summed E-state index contributed by atoms with van der Waals surface area (Å²) in [6.07, 6.45) is 2.00. The van der Waals surface area contributed by atoms with Gasteiger partial charge in [-0.25, -0.2) is 0 Å². The van der Waals surface area contributed by atoms with Crippen LogP contribution in [0, 0.1) is 0 Å². The maximum absolute atomic E-state index is 12.1. The summed E-state index contributed by atoms with van der Waals surface area (Å²) in [7, 11) is 1.81. The predicted molar refractivity (Wildman–Crippen MR) is 68.0 cm³/mol. The molecule has 0 bridgehead atoms. The molecule has 0 radical (unpaired) electrons. The van der Waals surface area contributed by atoms with Crippen LogP contribution in [0.4, 0.5) is 5.95 Å². The van der Waals surface area contributed by atoms with E-state index in [9.17, 15) is 4.79 Å². The van der Waals surface area contributed by atoms with Crippen molar-refractivity contribution in [2.24, 2.45) is 0 Å². The number of aromatic amines is 1. The molecule has 3 N–H and O–H groups in total. The Labute approximate surface area is 106 Å². The van der Waals surface area contributed by atoms with Gasteiger partial charge in [-0.15, -0.1) is 5.10 Å². The van der Waals surface area contributed by atoms with Gasteiger partial charge in [-0.1, -0.05) is 6.92 Å². The number of nitrogens with one attached hydrogen (secondary N) is 1. The smallest absolute Gasteiger partial charge is 0.291 e. The molecule has 1 aliphatic heterocycles. The first-order chi connectivity index (χ1) is 8.61. The summed E-state index contributed by atoms with van der Waals surface area (Å²) in [6.45, 7) is 5.31. The summed E-state index contributed by atoms with van der Waals surface area (Å²) >= 11 is 0. The molecule has 0 spiro atoms. The van der Waals surface area contributed by atoms with E-state index < -0.39 is 0 Å². The number of piperidine rings is 1. The lowest BCUT2D eigenvalue weighted by Gasteiger charge is -2.35. The summed E-state index contributed by atoms with van der Waals surface area (Å²) in [6, 6.07) is 0.270. The van der Waals surface area contributed by atoms with Crippen molar-refractivity contribution >= 4 is 11.9 Å². The number of aromatic nitrogens is 3. The first-order valence-corrected chi connectivity index (χ1v) is 6.29. The largest absolute Gasteiger partial charge is 0.366 e. The SMILES string of the molecule is CCN1CCC(N(C)C(=O)c2nc(N)n[nH]2)CC1. The zero-order chi connectivity index (χ0) is 13.1. The van der Waals surface area contributed by atoms with E-state index in [1.165, 1.54) is 0 Å². The number of nitrogen functional groups attached to an aromatic ring is 1. The number of likely N-dealkylation sites (tertiary alicyclic amines) is 1. The van der Waals surface area contributed by atoms with E-state index in [0.717, 1.165) is 32.5 Å². The minimum absolute atomic E-state index is 0.104. The van der Waals surface area contributed by atoms with E-state index in [1.807, 2.05) is 7.05 Å². The number of carbonyl (C=O) groups excluding carboxylic acids is 1. The highest BCUT2D eigenvalue weighted by Gasteiger charge is 2.26. The normalized spacial score (nSPS) is 17.9. The predicted octanol–water partition coefficient (Wildman–Crippen LogP) is -0.0568. The van der Waals surface area contributed by atoms with Crippen LogP contribution in [0.3, 0.4) is 0 Å². The van der Waals surface area contributed by atoms with Crippen molar-refractivity contribution in [2.45, 2.75) is 25.8 Å². The Hall–Kier alpha value is -1.63. The van der Waals surface area contributed by atoms with Crippen molar-refractivity contribution in [3.05, 3.63) is 5.82 Å². The standard InChI is InChI=1S/C11H20N6O/c1-3-17-6-4-8(5-7-17)16(2)10(18)9-13-11(12)15-14-9/h8H,3-7H2,1-2H3,(H3,12,13,14,15). The summed E-state index contributed by atoms with van der Waals surface area (Å²) in [5.41, 5.74) is 5.40. The number of hydrogen-bond acceptors (Lipinski definition) is 5. The van der Waals surface area contributed by atoms with Gasteiger partial charge >= 0.3 is 0 Å². The second-order valence-corrected chi connectivity index (χ2v) is 4.62. The lowest BCUT2D eigenvalue weighted by atomic mass is 10.0. The molecule has 2 rings (SSSR count). The van der Waals surface area contributed by atoms with E-state index in [1.54, 1.807) is 4.90 Å². The number of amides is 1. The van der Waals surface area contributed by atoms with Gasteiger partial charge in [0.15, 0.2) is 0 Å². The fourth-order valence-electron chi connectivity index (χ4n) is 2.33. The fraction of sp³-hybridized carbons (Fsp3) is 0.727. The summed E-state index contributed by atoms with van der Waals surface area (Å²) in [5, 5.41) is 6.23. The number of carbonyl (C=O) groups is 1. The average molecular weight is 252 g/mol. The second-order valence-electron chi connectivity index (χ2n) is 4.62. The summed E-state index contributed by atoms with van der Waals surface area (Å²) < 4.78 is 0. The Morgan fingerprint density at radius 3 is 2.72 bits per heavy atom. The lowest BCUT2D eigenvalue weighted by molar-refractivity contribution is 0.0635. The molecule has 18 heavy (non-hydrogen) atoms. The first kappa shape index (κ1) is 12.8. The zero-order valence-corrected chi connectivity index (χ0v) is 10.9. The average Bonchev–Trinajstić information content (AvgIpc) is 2.84. The van der Waals surface area contributed by atoms with Gasteiger partial charge in [0, 0.05) is 26.2 Å². The Balaban J connectivity index is 1.95. The van der Waals surface area contributed by atoms with Gasteiger partial charge in [0.05, 0.1) is 0 Å². The highest BCUT2D eigenvalue weighted by molar-refractivity contribution is 5.90. The molecule has 1 fully saturated rings. The van der Waals surface area contributed by atoms with Gasteiger partial charge in [0.25, 0.3) is 5.91 Å². The molecule has 0 aliphatic carbocycles. The summed E-state index contributed by atoms with van der Waals surface area (Å²) in [4.78, 5) is 20.1. The molecule has 7 nitrogen and oxygen atoms in total. The number of anilines is 1. The molecule has 1 aromatic heterocycles. The van der Waals surface area contributed by atoms with Gasteiger partial charge in [0.1, 0.15) is 0 Å². The van der Waals surface area contributed by atoms with E-state index >= 15 is 0 Å². The van der Waals surface area contributed by atoms with Crippen molar-refractivity contribution in [1.29, 1.82) is 0 Å². The lowest BCUT2D eigenvalue weighted by Crippen LogP contribution is -2.45. The van der Waals surface area contributed by atoms with E-state index in [4.69, 9.17) is 5.73 Å². The highest BCUT2D eigenvalue weighted by Crippen LogP contribution is 2.16. The second kappa shape index (κ2) is 5.34. The summed E-state index contributed by atoms with van der Waals surface area (Å²) in [5.74, 6) is 0.176. The van der Waals surface area contributed by atoms with Crippen LogP contribution in [0.2, 0.25) is 0 Å². The fourth-order valence-corrected chi connectivity index (χ4v) is 2.33. The third-order valence-corrected chi connectivity index (χ3v) is 3.58. The van der Waals surface area contributed by atoms with Crippen molar-refractivity contribution in [2.75, 3.05) is 32.4 Å². The molecular weight excluding hydrogens is 232 g/mol. The topological polar surface area (TPSA) is 91.1 Å². The van der Waals surface area contributed by atoms with Crippen molar-refractivity contribution < 1.29 is 4.79 Å². The molecule has 1 aliphatic rings. The maximum Gasteiger partial charge on any atom is 0.291 e. The molecule has 0 aromatic carbocycles. The minimum atomic E-state index is -0.144. The van der Waals surface area contributed by atoms with E-state index in [0.29, 0.717) is 0 Å². The third kappa shape index (κ3) is 2.61. The van der Waals surface area contributed by atoms with Gasteiger partial charge in [-0.2, -0.15) is 4.98 Å². The van der Waals surface area contributed by atoms with Crippen LogP contribution in [0.5, 0.6) is 0 Å². The number of hydrogen-bond donors (Lipinski definition) is 2. The molecular formula is C11H20N6O. The van der Waals surface area contributed by atoms with Crippen LogP contribution in [-0.4, -0.2) is 63.6 Å². The molecule has 1 aromatic rings. The zero-order valence-electron chi connectivity index (χ0n) is 10.9. The molecule has 0 saturated carbocycles. The molecule has 7 heteroatoms. The Kier molecular flexibility index (Phi) is 3.81. The van der Waals surface area contributed by atoms with E-state index in [2.05, 4.69) is 27.0 Å². The monoisotopic (exact) mass is 252 g/mol. The van der Waals surface area contributed by atoms with Crippen LogP contribution in [0.15, 0.2) is 0 Å². The minimum Gasteiger partial charge on any atom is -0.366 e. The van der Waals surface area contributed by atoms with Crippen LogP contribution in [0.1, 0.15) is 30.4 Å². The Morgan fingerprint density at radius 2 is 2.22 bits per heavy atom. The number of nitrogens with zero attached hydrogens (tertiary/aromatic N) is 4. The van der Waals surface area contributed by atoms with Gasteiger partial charge in [-0.05, 0) is 19.4 Å². The molecule has 2 heterocycles. The first-order valence-electron chi connectivity index (χ1n) is 6.29. The maximum atomic E-state index is 12.1. The van der Waals surface area contributed by atoms with Crippen LogP contribution < -0.4 is 5.73 Å². The van der Waals surface area contributed by atoms with Gasteiger partial charge in [-0.3, -0.25) is 9.89 Å². The number of rotatable bonds is 3. The Morgan fingerprint density at radius 1 is 1.56 bits per heavy atom. The number of H-pyrrole nitrogens is 1. The Bertz CT molecular complexity index is 409. The molecule has 0 unspecified atom stereocenters. The van der Waals surface area contributed by atoms with E-state index in [-0.39, 0.29) is 23.7 Å². The van der Waals surface area contributed by atoms with Gasteiger partial charge < -0.3 is 15.5 Å². The molecule has 1 amide bonds. The van der Waals surface area contributed by atoms with Gasteiger partial charge in [0.2, 0.25) is 11.8 Å². The van der Waals surface area contributed by atoms with Crippen molar-refractivity contribution in [3.8, 4) is 0 Å². The molecule has 1 saturated heterocycles. The molecule has 100 valence electrons. The van der Waals surface area contributed by atoms with Crippen LogP contribution in [0.25, 0.3) is 0 Å². The van der Waals surface area contributed by atoms with Crippen molar-refractivity contribution in [3.63, 3.8) is 0 Å². The molecule has 0 atom stereocenters. The number of nitrogens with two attached hydrogens (primary N) is 1.